The number of aliphatic hydroxyl groups excluding tert-OH is 1. The SMILES string of the molecule is CCCCCCCCCCCCCCCCCCCCCCC(=O)O[C@H](COC(=O)CCCCCCCCCCCCCCCCCC(C)C)COP(=O)(O)OC[C@@H](O)COP(=O)(O)OC[C@@H](COC(=O)CCCCCCCCCCCCCC)OC(=O)CCCCCCCCCCCCCCCCC(C)C. The molecular weight excluding hydrogens is 1390 g/mol. The van der Waals surface area contributed by atoms with E-state index in [2.05, 4.69) is 41.5 Å². The first-order chi connectivity index (χ1) is 51.9. The molecule has 0 bridgehead atoms. The Labute approximate surface area is 658 Å². The van der Waals surface area contributed by atoms with Gasteiger partial charge in [0.25, 0.3) is 0 Å². The minimum Gasteiger partial charge on any atom is -0.462 e. The topological polar surface area (TPSA) is 237 Å². The minimum atomic E-state index is -4.97. The molecule has 5 atom stereocenters. The van der Waals surface area contributed by atoms with Crippen LogP contribution in [-0.4, -0.2) is 96.7 Å². The summed E-state index contributed by atoms with van der Waals surface area (Å²) < 4.78 is 69.0. The van der Waals surface area contributed by atoms with Crippen LogP contribution in [0.3, 0.4) is 0 Å². The van der Waals surface area contributed by atoms with Crippen molar-refractivity contribution in [2.24, 2.45) is 11.8 Å². The molecule has 0 aliphatic rings. The van der Waals surface area contributed by atoms with Gasteiger partial charge in [0.2, 0.25) is 0 Å². The van der Waals surface area contributed by atoms with E-state index in [1.165, 1.54) is 289 Å². The molecule has 17 nitrogen and oxygen atoms in total. The first kappa shape index (κ1) is 105. The summed E-state index contributed by atoms with van der Waals surface area (Å²) in [5.74, 6) is -0.496. The maximum Gasteiger partial charge on any atom is 0.472 e. The second-order valence-electron chi connectivity index (χ2n) is 32.6. The third-order valence-electron chi connectivity index (χ3n) is 20.7. The van der Waals surface area contributed by atoms with Crippen molar-refractivity contribution in [3.05, 3.63) is 0 Å². The number of hydrogen-bond acceptors (Lipinski definition) is 15. The normalized spacial score (nSPS) is 13.8. The van der Waals surface area contributed by atoms with E-state index in [0.29, 0.717) is 25.7 Å². The lowest BCUT2D eigenvalue weighted by Gasteiger charge is -2.21. The van der Waals surface area contributed by atoms with Crippen LogP contribution >= 0.6 is 15.6 Å². The van der Waals surface area contributed by atoms with Crippen molar-refractivity contribution in [2.45, 2.75) is 490 Å². The molecule has 2 unspecified atom stereocenters. The molecule has 0 aliphatic carbocycles. The maximum atomic E-state index is 13.2. The van der Waals surface area contributed by atoms with Gasteiger partial charge in [0.05, 0.1) is 26.4 Å². The van der Waals surface area contributed by atoms with Crippen LogP contribution in [0, 0.1) is 11.8 Å². The van der Waals surface area contributed by atoms with Gasteiger partial charge in [-0.2, -0.15) is 0 Å². The summed E-state index contributed by atoms with van der Waals surface area (Å²) >= 11 is 0. The highest BCUT2D eigenvalue weighted by atomic mass is 31.2. The van der Waals surface area contributed by atoms with Crippen LogP contribution in [0.4, 0.5) is 0 Å². The second kappa shape index (κ2) is 79.3. The van der Waals surface area contributed by atoms with Gasteiger partial charge in [-0.1, -0.05) is 420 Å². The smallest absolute Gasteiger partial charge is 0.462 e. The number of hydrogen-bond donors (Lipinski definition) is 3. The molecule has 0 spiro atoms. The number of unbranched alkanes of at least 4 members (excludes halogenated alkanes) is 57. The fourth-order valence-electron chi connectivity index (χ4n) is 13.8. The summed E-state index contributed by atoms with van der Waals surface area (Å²) in [6.45, 7) is 9.74. The van der Waals surface area contributed by atoms with Gasteiger partial charge in [-0.25, -0.2) is 9.13 Å². The molecule has 107 heavy (non-hydrogen) atoms. The third kappa shape index (κ3) is 81.9. The lowest BCUT2D eigenvalue weighted by Crippen LogP contribution is -2.30. The van der Waals surface area contributed by atoms with E-state index in [4.69, 9.17) is 37.0 Å². The standard InChI is InChI=1S/C88H172O17P2/c1-7-9-11-13-15-17-19-21-22-23-24-25-26-29-36-42-48-54-60-66-72-87(92)105-84(77-99-86(91)71-65-59-53-47-41-35-30-27-28-33-38-44-50-56-62-68-80(3)4)79-103-107(96,97)101-75-82(89)74-100-106(94,95)102-78-83(76-98-85(90)70-64-58-52-46-40-20-18-16-14-12-10-8-2)104-88(93)73-67-61-55-49-43-37-32-31-34-39-45-51-57-63-69-81(5)6/h80-84,89H,7-79H2,1-6H3,(H,94,95)(H,96,97)/t82-,83+,84+/m0/s1. The van der Waals surface area contributed by atoms with Crippen molar-refractivity contribution >= 4 is 39.5 Å². The Morgan fingerprint density at radius 1 is 0.252 bits per heavy atom. The first-order valence-electron chi connectivity index (χ1n) is 45.5. The van der Waals surface area contributed by atoms with Crippen LogP contribution in [0.25, 0.3) is 0 Å². The highest BCUT2D eigenvalue weighted by Crippen LogP contribution is 2.45. The molecule has 0 heterocycles. The zero-order valence-corrected chi connectivity index (χ0v) is 72.2. The van der Waals surface area contributed by atoms with E-state index in [-0.39, 0.29) is 25.7 Å². The molecule has 3 N–H and O–H groups in total. The highest BCUT2D eigenvalue weighted by Gasteiger charge is 2.30. The molecule has 0 saturated carbocycles. The van der Waals surface area contributed by atoms with Gasteiger partial charge < -0.3 is 33.8 Å². The molecule has 0 amide bonds. The molecule has 0 aliphatic heterocycles. The summed E-state index contributed by atoms with van der Waals surface area (Å²) in [5, 5.41) is 10.7. The van der Waals surface area contributed by atoms with Crippen molar-refractivity contribution in [1.82, 2.24) is 0 Å². The van der Waals surface area contributed by atoms with E-state index in [9.17, 15) is 43.2 Å². The van der Waals surface area contributed by atoms with E-state index < -0.39 is 97.5 Å². The lowest BCUT2D eigenvalue weighted by atomic mass is 10.0. The molecule has 0 aromatic carbocycles. The molecule has 0 radical (unpaired) electrons. The first-order valence-corrected chi connectivity index (χ1v) is 48.5. The molecule has 636 valence electrons. The molecule has 19 heteroatoms. The van der Waals surface area contributed by atoms with Crippen LogP contribution < -0.4 is 0 Å². The highest BCUT2D eigenvalue weighted by molar-refractivity contribution is 7.47. The predicted octanol–water partition coefficient (Wildman–Crippen LogP) is 27.0. The Morgan fingerprint density at radius 3 is 0.636 bits per heavy atom. The largest absolute Gasteiger partial charge is 0.472 e. The van der Waals surface area contributed by atoms with Gasteiger partial charge in [-0.3, -0.25) is 37.3 Å². The van der Waals surface area contributed by atoms with Crippen LogP contribution in [-0.2, 0) is 65.4 Å². The Morgan fingerprint density at radius 2 is 0.430 bits per heavy atom. The average Bonchev–Trinajstić information content (AvgIpc) is 1.02. The van der Waals surface area contributed by atoms with E-state index in [0.717, 1.165) is 102 Å². The monoisotopic (exact) mass is 1560 g/mol. The fraction of sp³-hybridized carbons (Fsp3) is 0.955. The summed E-state index contributed by atoms with van der Waals surface area (Å²) in [6, 6.07) is 0. The Hall–Kier alpha value is -1.94. The van der Waals surface area contributed by atoms with Crippen molar-refractivity contribution in [3.63, 3.8) is 0 Å². The number of ether oxygens (including phenoxy) is 4. The van der Waals surface area contributed by atoms with Crippen molar-refractivity contribution < 1.29 is 80.2 Å². The third-order valence-corrected chi connectivity index (χ3v) is 22.6. The summed E-state index contributed by atoms with van der Waals surface area (Å²) in [6.07, 6.45) is 72.1. The molecule has 0 aromatic heterocycles. The van der Waals surface area contributed by atoms with Gasteiger partial charge in [-0.05, 0) is 37.5 Å². The van der Waals surface area contributed by atoms with Gasteiger partial charge >= 0.3 is 39.5 Å². The molecule has 0 rings (SSSR count). The number of esters is 4. The molecular formula is C88H172O17P2. The second-order valence-corrected chi connectivity index (χ2v) is 35.5. The number of carbonyl (C=O) groups excluding carboxylic acids is 4. The number of phosphoric acid groups is 2. The van der Waals surface area contributed by atoms with E-state index >= 15 is 0 Å². The Balaban J connectivity index is 5.25. The zero-order valence-electron chi connectivity index (χ0n) is 70.5. The van der Waals surface area contributed by atoms with Gasteiger partial charge in [0, 0.05) is 25.7 Å². The number of carbonyl (C=O) groups is 4. The molecule has 0 saturated heterocycles. The number of phosphoric ester groups is 2. The fourth-order valence-corrected chi connectivity index (χ4v) is 15.4. The van der Waals surface area contributed by atoms with Crippen molar-refractivity contribution in [2.75, 3.05) is 39.6 Å². The van der Waals surface area contributed by atoms with Crippen LogP contribution in [0.2, 0.25) is 0 Å². The minimum absolute atomic E-state index is 0.108. The van der Waals surface area contributed by atoms with Gasteiger partial charge in [-0.15, -0.1) is 0 Å². The Bertz CT molecular complexity index is 2050. The number of aliphatic hydroxyl groups is 1. The van der Waals surface area contributed by atoms with E-state index in [1.807, 2.05) is 0 Å². The van der Waals surface area contributed by atoms with E-state index in [1.54, 1.807) is 0 Å². The quantitative estimate of drug-likeness (QED) is 0.0222. The van der Waals surface area contributed by atoms with Crippen molar-refractivity contribution in [1.29, 1.82) is 0 Å². The van der Waals surface area contributed by atoms with Gasteiger partial charge in [0.1, 0.15) is 19.3 Å². The Kier molecular flexibility index (Phi) is 77.9. The molecule has 0 fully saturated rings. The summed E-state index contributed by atoms with van der Waals surface area (Å²) in [7, 11) is -9.93. The summed E-state index contributed by atoms with van der Waals surface area (Å²) in [5.41, 5.74) is 0. The van der Waals surface area contributed by atoms with Crippen molar-refractivity contribution in [3.8, 4) is 0 Å². The van der Waals surface area contributed by atoms with Crippen LogP contribution in [0.1, 0.15) is 472 Å². The summed E-state index contributed by atoms with van der Waals surface area (Å²) in [4.78, 5) is 73.3. The number of rotatable bonds is 87. The molecule has 0 aromatic rings. The van der Waals surface area contributed by atoms with Gasteiger partial charge in [0.15, 0.2) is 12.2 Å². The lowest BCUT2D eigenvalue weighted by molar-refractivity contribution is -0.161. The maximum absolute atomic E-state index is 13.2. The average molecular weight is 1560 g/mol. The zero-order chi connectivity index (χ0) is 78.5. The predicted molar refractivity (Wildman–Crippen MR) is 442 cm³/mol. The van der Waals surface area contributed by atoms with Crippen LogP contribution in [0.5, 0.6) is 0 Å². The van der Waals surface area contributed by atoms with Crippen LogP contribution in [0.15, 0.2) is 0 Å².